The minimum Gasteiger partial charge on any atom is -0.396 e. The molecule has 20 heavy (non-hydrogen) atoms. The number of hydrogen-bond donors (Lipinski definition) is 1. The monoisotopic (exact) mass is 274 g/mol. The highest BCUT2D eigenvalue weighted by Crippen LogP contribution is 2.41. The van der Waals surface area contributed by atoms with Crippen LogP contribution in [-0.4, -0.2) is 11.7 Å². The van der Waals surface area contributed by atoms with Gasteiger partial charge in [-0.3, -0.25) is 0 Å². The second kappa shape index (κ2) is 8.46. The van der Waals surface area contributed by atoms with Gasteiger partial charge < -0.3 is 5.11 Å². The summed E-state index contributed by atoms with van der Waals surface area (Å²) in [7, 11) is 0. The van der Waals surface area contributed by atoms with Crippen LogP contribution in [0, 0.1) is 5.92 Å². The maximum atomic E-state index is 9.11. The van der Waals surface area contributed by atoms with Crippen LogP contribution in [0.4, 0.5) is 0 Å². The van der Waals surface area contributed by atoms with E-state index in [0.717, 1.165) is 0 Å². The topological polar surface area (TPSA) is 20.2 Å². The number of aliphatic hydroxyl groups is 1. The molecule has 0 spiro atoms. The van der Waals surface area contributed by atoms with Gasteiger partial charge in [0.2, 0.25) is 0 Å². The van der Waals surface area contributed by atoms with E-state index < -0.39 is 0 Å². The second-order valence-corrected chi connectivity index (χ2v) is 6.48. The molecule has 1 N–H and O–H groups in total. The van der Waals surface area contributed by atoms with E-state index in [1.165, 1.54) is 68.9 Å². The van der Waals surface area contributed by atoms with E-state index in [0.29, 0.717) is 18.4 Å². The summed E-state index contributed by atoms with van der Waals surface area (Å²) >= 11 is 0. The third-order valence-electron chi connectivity index (χ3n) is 4.74. The average molecular weight is 274 g/mol. The minimum atomic E-state index is 0.369. The number of unbranched alkanes of at least 4 members (excludes halogenated alkanes) is 5. The Balaban J connectivity index is 1.70. The Morgan fingerprint density at radius 3 is 2.55 bits per heavy atom. The van der Waals surface area contributed by atoms with Crippen molar-refractivity contribution in [2.24, 2.45) is 5.92 Å². The van der Waals surface area contributed by atoms with Gasteiger partial charge >= 0.3 is 0 Å². The van der Waals surface area contributed by atoms with Crippen LogP contribution in [0.5, 0.6) is 0 Å². The van der Waals surface area contributed by atoms with E-state index in [4.69, 9.17) is 5.11 Å². The summed E-state index contributed by atoms with van der Waals surface area (Å²) in [5.41, 5.74) is 3.00. The molecule has 112 valence electrons. The molecular formula is C19H30O. The first-order valence-corrected chi connectivity index (χ1v) is 8.53. The highest BCUT2D eigenvalue weighted by Gasteiger charge is 2.29. The van der Waals surface area contributed by atoms with Crippen LogP contribution < -0.4 is 0 Å². The molecule has 1 fully saturated rings. The summed E-state index contributed by atoms with van der Waals surface area (Å²) in [6.45, 7) is 2.64. The van der Waals surface area contributed by atoms with Crippen LogP contribution in [0.3, 0.4) is 0 Å². The lowest BCUT2D eigenvalue weighted by Gasteiger charge is -2.34. The highest BCUT2D eigenvalue weighted by molar-refractivity contribution is 5.28. The van der Waals surface area contributed by atoms with Crippen LogP contribution in [0.15, 0.2) is 24.3 Å². The predicted molar refractivity (Wildman–Crippen MR) is 86.1 cm³/mol. The molecule has 1 heteroatoms. The quantitative estimate of drug-likeness (QED) is 0.623. The van der Waals surface area contributed by atoms with Gasteiger partial charge in [0.25, 0.3) is 0 Å². The molecule has 1 aromatic rings. The van der Waals surface area contributed by atoms with Crippen molar-refractivity contribution in [1.29, 1.82) is 0 Å². The van der Waals surface area contributed by atoms with Crippen LogP contribution in [0.25, 0.3) is 0 Å². The molecule has 0 aliphatic heterocycles. The van der Waals surface area contributed by atoms with Gasteiger partial charge in [-0.25, -0.2) is 0 Å². The minimum absolute atomic E-state index is 0.369. The van der Waals surface area contributed by atoms with Crippen LogP contribution >= 0.6 is 0 Å². The Morgan fingerprint density at radius 2 is 1.80 bits per heavy atom. The van der Waals surface area contributed by atoms with E-state index in [1.807, 2.05) is 0 Å². The normalized spacial score (nSPS) is 21.7. The van der Waals surface area contributed by atoms with Gasteiger partial charge in [0, 0.05) is 6.61 Å². The maximum Gasteiger partial charge on any atom is 0.0459 e. The Hall–Kier alpha value is -0.820. The summed E-state index contributed by atoms with van der Waals surface area (Å²) in [6, 6.07) is 9.17. The number of hydrogen-bond acceptors (Lipinski definition) is 1. The van der Waals surface area contributed by atoms with Gasteiger partial charge in [-0.2, -0.15) is 0 Å². The fourth-order valence-electron chi connectivity index (χ4n) is 3.27. The molecule has 1 nitrogen and oxygen atoms in total. The Morgan fingerprint density at radius 1 is 1.05 bits per heavy atom. The van der Waals surface area contributed by atoms with E-state index in [1.54, 1.807) is 0 Å². The predicted octanol–water partition coefficient (Wildman–Crippen LogP) is 5.08. The molecule has 0 saturated heterocycles. The maximum absolute atomic E-state index is 9.11. The molecule has 2 rings (SSSR count). The summed E-state index contributed by atoms with van der Waals surface area (Å²) < 4.78 is 0. The molecule has 0 radical (unpaired) electrons. The molecule has 1 aromatic carbocycles. The summed E-state index contributed by atoms with van der Waals surface area (Å²) in [5, 5.41) is 9.11. The van der Waals surface area contributed by atoms with Gasteiger partial charge in [-0.1, -0.05) is 63.3 Å². The standard InChI is InChI=1S/C19H30O/c1-2-3-4-5-6-7-9-16-10-8-11-18(12-16)19-13-17(14-19)15-20/h8,10-12,17,19-20H,2-7,9,13-15H2,1H3. The Labute approximate surface area is 124 Å². The Bertz CT molecular complexity index is 379. The number of benzene rings is 1. The van der Waals surface area contributed by atoms with Gasteiger partial charge in [-0.15, -0.1) is 0 Å². The van der Waals surface area contributed by atoms with Crippen molar-refractivity contribution in [3.05, 3.63) is 35.4 Å². The summed E-state index contributed by atoms with van der Waals surface area (Å²) in [5.74, 6) is 1.26. The average Bonchev–Trinajstić information content (AvgIpc) is 2.42. The van der Waals surface area contributed by atoms with E-state index in [2.05, 4.69) is 31.2 Å². The first-order valence-electron chi connectivity index (χ1n) is 8.53. The molecule has 0 bridgehead atoms. The van der Waals surface area contributed by atoms with Gasteiger partial charge in [0.05, 0.1) is 0 Å². The zero-order valence-electron chi connectivity index (χ0n) is 13.0. The lowest BCUT2D eigenvalue weighted by molar-refractivity contribution is 0.142. The molecular weight excluding hydrogens is 244 g/mol. The zero-order valence-corrected chi connectivity index (χ0v) is 13.0. The highest BCUT2D eigenvalue weighted by atomic mass is 16.3. The van der Waals surface area contributed by atoms with E-state index >= 15 is 0 Å². The third-order valence-corrected chi connectivity index (χ3v) is 4.74. The number of rotatable bonds is 9. The molecule has 1 saturated carbocycles. The van der Waals surface area contributed by atoms with Crippen molar-refractivity contribution in [2.45, 2.75) is 70.6 Å². The Kier molecular flexibility index (Phi) is 6.59. The first kappa shape index (κ1) is 15.6. The lowest BCUT2D eigenvalue weighted by Crippen LogP contribution is -2.24. The van der Waals surface area contributed by atoms with Crippen molar-refractivity contribution in [1.82, 2.24) is 0 Å². The molecule has 1 aliphatic carbocycles. The second-order valence-electron chi connectivity index (χ2n) is 6.48. The summed E-state index contributed by atoms with van der Waals surface area (Å²) in [4.78, 5) is 0. The van der Waals surface area contributed by atoms with Gasteiger partial charge in [0.1, 0.15) is 0 Å². The summed E-state index contributed by atoms with van der Waals surface area (Å²) in [6.07, 6.45) is 11.8. The van der Waals surface area contributed by atoms with Crippen LogP contribution in [-0.2, 0) is 6.42 Å². The van der Waals surface area contributed by atoms with Crippen molar-refractivity contribution < 1.29 is 5.11 Å². The molecule has 0 aromatic heterocycles. The first-order chi connectivity index (χ1) is 9.83. The fraction of sp³-hybridized carbons (Fsp3) is 0.684. The number of aliphatic hydroxyl groups excluding tert-OH is 1. The fourth-order valence-corrected chi connectivity index (χ4v) is 3.27. The number of aryl methyl sites for hydroxylation is 1. The van der Waals surface area contributed by atoms with Crippen LogP contribution in [0.2, 0.25) is 0 Å². The van der Waals surface area contributed by atoms with Crippen LogP contribution in [0.1, 0.15) is 75.3 Å². The molecule has 0 unspecified atom stereocenters. The smallest absolute Gasteiger partial charge is 0.0459 e. The van der Waals surface area contributed by atoms with Gasteiger partial charge in [0.15, 0.2) is 0 Å². The van der Waals surface area contributed by atoms with Crippen molar-refractivity contribution in [3.8, 4) is 0 Å². The van der Waals surface area contributed by atoms with Crippen molar-refractivity contribution in [2.75, 3.05) is 6.61 Å². The lowest BCUT2D eigenvalue weighted by atomic mass is 9.71. The third kappa shape index (κ3) is 4.63. The molecule has 0 heterocycles. The van der Waals surface area contributed by atoms with Crippen molar-refractivity contribution >= 4 is 0 Å². The van der Waals surface area contributed by atoms with Gasteiger partial charge in [-0.05, 0) is 48.6 Å². The van der Waals surface area contributed by atoms with E-state index in [-0.39, 0.29) is 0 Å². The molecule has 1 aliphatic rings. The SMILES string of the molecule is CCCCCCCCc1cccc(C2CC(CO)C2)c1. The molecule has 0 amide bonds. The molecule has 0 atom stereocenters. The largest absolute Gasteiger partial charge is 0.396 e. The van der Waals surface area contributed by atoms with Crippen molar-refractivity contribution in [3.63, 3.8) is 0 Å². The van der Waals surface area contributed by atoms with E-state index in [9.17, 15) is 0 Å². The zero-order chi connectivity index (χ0) is 14.2.